The van der Waals surface area contributed by atoms with Crippen LogP contribution in [0.2, 0.25) is 0 Å². The average Bonchev–Trinajstić information content (AvgIpc) is 3.34. The van der Waals surface area contributed by atoms with Gasteiger partial charge in [0.2, 0.25) is 5.89 Å². The summed E-state index contributed by atoms with van der Waals surface area (Å²) in [7, 11) is 0. The molecule has 0 spiro atoms. The first-order valence-corrected chi connectivity index (χ1v) is 8.53. The lowest BCUT2D eigenvalue weighted by Crippen LogP contribution is -2.44. The zero-order valence-electron chi connectivity index (χ0n) is 14.3. The number of carbonyl (C=O) groups is 1. The second-order valence-electron chi connectivity index (χ2n) is 6.82. The van der Waals surface area contributed by atoms with Gasteiger partial charge in [0.15, 0.2) is 5.82 Å². The predicted molar refractivity (Wildman–Crippen MR) is 89.0 cm³/mol. The minimum Gasteiger partial charge on any atom is -0.339 e. The smallest absolute Gasteiger partial charge is 0.255 e. The van der Waals surface area contributed by atoms with Crippen LogP contribution in [0, 0.1) is 0 Å². The fraction of sp³-hybridized carbons (Fsp3) is 0.471. The molecule has 1 aliphatic carbocycles. The molecule has 3 aromatic rings. The van der Waals surface area contributed by atoms with Gasteiger partial charge in [-0.15, -0.1) is 0 Å². The monoisotopic (exact) mass is 340 g/mol. The molecule has 3 heterocycles. The summed E-state index contributed by atoms with van der Waals surface area (Å²) < 4.78 is 7.00. The zero-order valence-corrected chi connectivity index (χ0v) is 14.3. The van der Waals surface area contributed by atoms with Crippen molar-refractivity contribution >= 4 is 11.4 Å². The molecule has 0 bridgehead atoms. The predicted octanol–water partition coefficient (Wildman–Crippen LogP) is 2.44. The number of nitrogens with zero attached hydrogens (tertiary/aromatic N) is 5. The van der Waals surface area contributed by atoms with E-state index in [2.05, 4.69) is 25.5 Å². The van der Waals surface area contributed by atoms with E-state index in [0.717, 1.165) is 25.7 Å². The summed E-state index contributed by atoms with van der Waals surface area (Å²) in [5, 5.41) is 11.5. The molecule has 8 heteroatoms. The van der Waals surface area contributed by atoms with E-state index in [1.165, 1.54) is 0 Å². The molecule has 8 nitrogen and oxygen atoms in total. The van der Waals surface area contributed by atoms with Crippen molar-refractivity contribution in [3.05, 3.63) is 42.1 Å². The minimum atomic E-state index is -0.579. The normalized spacial score (nSPS) is 16.6. The molecule has 1 aliphatic rings. The highest BCUT2D eigenvalue weighted by Crippen LogP contribution is 2.38. The summed E-state index contributed by atoms with van der Waals surface area (Å²) in [5.74, 6) is 1.12. The van der Waals surface area contributed by atoms with Gasteiger partial charge in [0, 0.05) is 18.3 Å². The van der Waals surface area contributed by atoms with Crippen LogP contribution in [0.15, 0.2) is 29.3 Å². The summed E-state index contributed by atoms with van der Waals surface area (Å²) in [5.41, 5.74) is 0.584. The molecule has 0 aliphatic heterocycles. The number of rotatable bonds is 4. The van der Waals surface area contributed by atoms with E-state index in [1.807, 2.05) is 13.8 Å². The van der Waals surface area contributed by atoms with E-state index < -0.39 is 5.54 Å². The van der Waals surface area contributed by atoms with Gasteiger partial charge in [-0.25, -0.2) is 4.52 Å². The fourth-order valence-electron chi connectivity index (χ4n) is 3.34. The Hall–Kier alpha value is -2.77. The van der Waals surface area contributed by atoms with Crippen molar-refractivity contribution in [2.45, 2.75) is 51.0 Å². The van der Waals surface area contributed by atoms with Crippen molar-refractivity contribution in [1.29, 1.82) is 0 Å². The lowest BCUT2D eigenvalue weighted by atomic mass is 9.96. The highest BCUT2D eigenvalue weighted by Gasteiger charge is 2.42. The Kier molecular flexibility index (Phi) is 3.74. The molecule has 0 unspecified atom stereocenters. The van der Waals surface area contributed by atoms with Gasteiger partial charge in [-0.05, 0) is 12.8 Å². The number of aromatic nitrogens is 5. The van der Waals surface area contributed by atoms with Gasteiger partial charge >= 0.3 is 0 Å². The Morgan fingerprint density at radius 1 is 1.32 bits per heavy atom. The summed E-state index contributed by atoms with van der Waals surface area (Å²) in [4.78, 5) is 21.5. The van der Waals surface area contributed by atoms with E-state index >= 15 is 0 Å². The van der Waals surface area contributed by atoms with E-state index in [9.17, 15) is 4.79 Å². The highest BCUT2D eigenvalue weighted by molar-refractivity contribution is 6.00. The molecule has 4 rings (SSSR count). The fourth-order valence-corrected chi connectivity index (χ4v) is 3.34. The first-order chi connectivity index (χ1) is 12.1. The molecule has 25 heavy (non-hydrogen) atoms. The van der Waals surface area contributed by atoms with Gasteiger partial charge in [0.05, 0.1) is 23.5 Å². The molecule has 0 aromatic carbocycles. The average molecular weight is 340 g/mol. The van der Waals surface area contributed by atoms with Crippen LogP contribution in [-0.2, 0) is 5.54 Å². The molecular weight excluding hydrogens is 320 g/mol. The first-order valence-electron chi connectivity index (χ1n) is 8.53. The van der Waals surface area contributed by atoms with Gasteiger partial charge in [0.1, 0.15) is 5.54 Å². The molecule has 1 saturated carbocycles. The maximum absolute atomic E-state index is 12.9. The summed E-state index contributed by atoms with van der Waals surface area (Å²) in [6, 6.07) is 0. The molecule has 130 valence electrons. The number of nitrogens with one attached hydrogen (secondary N) is 1. The number of hydrogen-bond donors (Lipinski definition) is 1. The van der Waals surface area contributed by atoms with Crippen LogP contribution in [0.1, 0.15) is 67.5 Å². The molecule has 0 radical (unpaired) electrons. The Morgan fingerprint density at radius 2 is 2.12 bits per heavy atom. The van der Waals surface area contributed by atoms with Crippen LogP contribution in [0.3, 0.4) is 0 Å². The topological polar surface area (TPSA) is 98.2 Å². The number of fused-ring (bicyclic) bond motifs is 1. The van der Waals surface area contributed by atoms with Gasteiger partial charge in [-0.2, -0.15) is 10.1 Å². The Labute approximate surface area is 144 Å². The maximum atomic E-state index is 12.9. The third kappa shape index (κ3) is 2.67. The SMILES string of the molecule is CC(C)c1nc(C2(NC(=O)c3cnn4ccncc34)CCCC2)no1. The van der Waals surface area contributed by atoms with E-state index in [4.69, 9.17) is 4.52 Å². The van der Waals surface area contributed by atoms with Crippen LogP contribution < -0.4 is 5.32 Å². The quantitative estimate of drug-likeness (QED) is 0.783. The van der Waals surface area contributed by atoms with Gasteiger partial charge in [-0.3, -0.25) is 9.78 Å². The number of hydrogen-bond acceptors (Lipinski definition) is 6. The Morgan fingerprint density at radius 3 is 2.84 bits per heavy atom. The second-order valence-corrected chi connectivity index (χ2v) is 6.82. The Balaban J connectivity index is 1.66. The van der Waals surface area contributed by atoms with Crippen LogP contribution in [-0.4, -0.2) is 30.6 Å². The van der Waals surface area contributed by atoms with Gasteiger partial charge < -0.3 is 9.84 Å². The van der Waals surface area contributed by atoms with Crippen molar-refractivity contribution in [3.8, 4) is 0 Å². The maximum Gasteiger partial charge on any atom is 0.255 e. The van der Waals surface area contributed by atoms with Crippen molar-refractivity contribution < 1.29 is 9.32 Å². The van der Waals surface area contributed by atoms with Gasteiger partial charge in [-0.1, -0.05) is 31.8 Å². The first kappa shape index (κ1) is 15.7. The molecule has 1 amide bonds. The molecule has 3 aromatic heterocycles. The summed E-state index contributed by atoms with van der Waals surface area (Å²) in [6.45, 7) is 4.01. The third-order valence-corrected chi connectivity index (χ3v) is 4.74. The number of carbonyl (C=O) groups excluding carboxylic acids is 1. The minimum absolute atomic E-state index is 0.154. The van der Waals surface area contributed by atoms with Crippen LogP contribution in [0.25, 0.3) is 5.52 Å². The van der Waals surface area contributed by atoms with Crippen molar-refractivity contribution in [2.24, 2.45) is 0 Å². The summed E-state index contributed by atoms with van der Waals surface area (Å²) >= 11 is 0. The molecule has 0 atom stereocenters. The van der Waals surface area contributed by atoms with E-state index in [1.54, 1.807) is 29.3 Å². The van der Waals surface area contributed by atoms with Crippen LogP contribution in [0.5, 0.6) is 0 Å². The largest absolute Gasteiger partial charge is 0.339 e. The standard InChI is InChI=1S/C17H20N6O2/c1-11(2)15-20-16(22-25-15)17(5-3-4-6-17)21-14(24)12-9-19-23-8-7-18-10-13(12)23/h7-11H,3-6H2,1-2H3,(H,21,24). The molecule has 1 N–H and O–H groups in total. The lowest BCUT2D eigenvalue weighted by molar-refractivity contribution is 0.0893. The van der Waals surface area contributed by atoms with Crippen molar-refractivity contribution in [3.63, 3.8) is 0 Å². The van der Waals surface area contributed by atoms with Gasteiger partial charge in [0.25, 0.3) is 5.91 Å². The number of amides is 1. The van der Waals surface area contributed by atoms with Crippen LogP contribution >= 0.6 is 0 Å². The molecule has 1 fully saturated rings. The lowest BCUT2D eigenvalue weighted by Gasteiger charge is -2.26. The molecular formula is C17H20N6O2. The molecule has 0 saturated heterocycles. The van der Waals surface area contributed by atoms with Crippen molar-refractivity contribution in [2.75, 3.05) is 0 Å². The van der Waals surface area contributed by atoms with E-state index in [0.29, 0.717) is 22.8 Å². The summed E-state index contributed by atoms with van der Waals surface area (Å²) in [6.07, 6.45) is 10.2. The third-order valence-electron chi connectivity index (χ3n) is 4.74. The highest BCUT2D eigenvalue weighted by atomic mass is 16.5. The Bertz CT molecular complexity index is 907. The van der Waals surface area contributed by atoms with E-state index in [-0.39, 0.29) is 11.8 Å². The van der Waals surface area contributed by atoms with Crippen molar-refractivity contribution in [1.82, 2.24) is 30.1 Å². The van der Waals surface area contributed by atoms with Crippen LogP contribution in [0.4, 0.5) is 0 Å². The zero-order chi connectivity index (χ0) is 17.4. The second kappa shape index (κ2) is 5.94.